The highest BCUT2D eigenvalue weighted by Crippen LogP contribution is 2.38. The fourth-order valence-corrected chi connectivity index (χ4v) is 3.18. The first-order chi connectivity index (χ1) is 9.24. The summed E-state index contributed by atoms with van der Waals surface area (Å²) in [4.78, 5) is 12.0. The summed E-state index contributed by atoms with van der Waals surface area (Å²) >= 11 is 0. The van der Waals surface area contributed by atoms with E-state index < -0.39 is 0 Å². The second-order valence-electron chi connectivity index (χ2n) is 5.70. The molecule has 1 amide bonds. The average Bonchev–Trinajstić information content (AvgIpc) is 2.76. The molecule has 1 aromatic carbocycles. The average molecular weight is 259 g/mol. The minimum Gasteiger partial charge on any atom is -0.378 e. The van der Waals surface area contributed by atoms with Gasteiger partial charge in [-0.3, -0.25) is 4.79 Å². The lowest BCUT2D eigenvalue weighted by molar-refractivity contribution is -0.124. The van der Waals surface area contributed by atoms with Gasteiger partial charge in [0.05, 0.1) is 6.10 Å². The molecule has 1 heterocycles. The van der Waals surface area contributed by atoms with Crippen LogP contribution in [0.1, 0.15) is 30.4 Å². The molecule has 1 aliphatic carbocycles. The van der Waals surface area contributed by atoms with Crippen LogP contribution in [-0.4, -0.2) is 24.7 Å². The minimum atomic E-state index is 0.179. The first-order valence-corrected chi connectivity index (χ1v) is 7.19. The van der Waals surface area contributed by atoms with Gasteiger partial charge in [0, 0.05) is 25.0 Å². The van der Waals surface area contributed by atoms with Crippen LogP contribution in [0.3, 0.4) is 0 Å². The number of nitrogens with one attached hydrogen (secondary N) is 1. The number of carbonyl (C=O) groups excluding carboxylic acids is 1. The van der Waals surface area contributed by atoms with Crippen molar-refractivity contribution in [2.24, 2.45) is 5.92 Å². The first kappa shape index (κ1) is 12.7. The van der Waals surface area contributed by atoms with Crippen LogP contribution in [0.2, 0.25) is 0 Å². The molecule has 1 saturated carbocycles. The molecule has 1 aromatic rings. The van der Waals surface area contributed by atoms with Gasteiger partial charge in [-0.2, -0.15) is 0 Å². The van der Waals surface area contributed by atoms with Gasteiger partial charge in [-0.1, -0.05) is 24.3 Å². The maximum atomic E-state index is 12.0. The molecule has 1 saturated heterocycles. The smallest absolute Gasteiger partial charge is 0.220 e. The van der Waals surface area contributed by atoms with E-state index in [2.05, 4.69) is 24.4 Å². The van der Waals surface area contributed by atoms with Crippen LogP contribution in [0.25, 0.3) is 0 Å². The third-order valence-corrected chi connectivity index (χ3v) is 4.49. The highest BCUT2D eigenvalue weighted by Gasteiger charge is 2.45. The summed E-state index contributed by atoms with van der Waals surface area (Å²) in [6, 6.07) is 8.63. The predicted octanol–water partition coefficient (Wildman–Crippen LogP) is 2.22. The molecule has 3 nitrogen and oxygen atoms in total. The van der Waals surface area contributed by atoms with Crippen molar-refractivity contribution in [2.75, 3.05) is 6.61 Å². The van der Waals surface area contributed by atoms with Crippen molar-refractivity contribution in [1.29, 1.82) is 0 Å². The zero-order valence-electron chi connectivity index (χ0n) is 11.4. The molecule has 2 fully saturated rings. The fourth-order valence-electron chi connectivity index (χ4n) is 3.18. The lowest BCUT2D eigenvalue weighted by Crippen LogP contribution is -2.53. The maximum absolute atomic E-state index is 12.0. The molecule has 1 N–H and O–H groups in total. The van der Waals surface area contributed by atoms with Crippen molar-refractivity contribution in [3.8, 4) is 0 Å². The van der Waals surface area contributed by atoms with E-state index >= 15 is 0 Å². The number of rotatable bonds is 4. The highest BCUT2D eigenvalue weighted by atomic mass is 16.5. The number of carbonyl (C=O) groups is 1. The number of fused-ring (bicyclic) bond motifs is 1. The van der Waals surface area contributed by atoms with Gasteiger partial charge in [0.25, 0.3) is 0 Å². The summed E-state index contributed by atoms with van der Waals surface area (Å²) in [7, 11) is 0. The van der Waals surface area contributed by atoms with Crippen molar-refractivity contribution >= 4 is 5.91 Å². The van der Waals surface area contributed by atoms with Crippen molar-refractivity contribution in [3.63, 3.8) is 0 Å². The molecule has 0 unspecified atom stereocenters. The van der Waals surface area contributed by atoms with E-state index in [0.29, 0.717) is 24.5 Å². The Kier molecular flexibility index (Phi) is 3.56. The van der Waals surface area contributed by atoms with E-state index in [0.717, 1.165) is 25.9 Å². The zero-order valence-corrected chi connectivity index (χ0v) is 11.4. The van der Waals surface area contributed by atoms with E-state index in [4.69, 9.17) is 4.74 Å². The maximum Gasteiger partial charge on any atom is 0.220 e. The second kappa shape index (κ2) is 5.33. The monoisotopic (exact) mass is 259 g/mol. The summed E-state index contributed by atoms with van der Waals surface area (Å²) in [5, 5.41) is 3.16. The quantitative estimate of drug-likeness (QED) is 0.900. The number of benzene rings is 1. The van der Waals surface area contributed by atoms with Gasteiger partial charge < -0.3 is 10.1 Å². The van der Waals surface area contributed by atoms with Gasteiger partial charge in [-0.05, 0) is 37.3 Å². The second-order valence-corrected chi connectivity index (χ2v) is 5.70. The van der Waals surface area contributed by atoms with E-state index in [1.54, 1.807) is 0 Å². The Morgan fingerprint density at radius 3 is 3.05 bits per heavy atom. The summed E-state index contributed by atoms with van der Waals surface area (Å²) in [5.41, 5.74) is 2.54. The predicted molar refractivity (Wildman–Crippen MR) is 73.9 cm³/mol. The number of amides is 1. The zero-order chi connectivity index (χ0) is 13.2. The standard InChI is InChI=1S/C16H21NO2/c1-11-4-2-3-5-12(11)6-7-16(18)17-14-10-15-13(14)8-9-19-15/h2-5,13-15H,6-10H2,1H3,(H,17,18)/t13-,14+,15+/m0/s1. The topological polar surface area (TPSA) is 38.3 Å². The SMILES string of the molecule is Cc1ccccc1CCC(=O)N[C@@H]1C[C@H]2OCC[C@@H]12. The van der Waals surface area contributed by atoms with Crippen molar-refractivity contribution in [1.82, 2.24) is 5.32 Å². The molecule has 0 aromatic heterocycles. The Balaban J connectivity index is 1.46. The number of hydrogen-bond acceptors (Lipinski definition) is 2. The normalized spacial score (nSPS) is 28.6. The van der Waals surface area contributed by atoms with E-state index in [1.165, 1.54) is 11.1 Å². The molecule has 3 rings (SSSR count). The van der Waals surface area contributed by atoms with E-state index in [1.807, 2.05) is 12.1 Å². The van der Waals surface area contributed by atoms with Gasteiger partial charge in [0.1, 0.15) is 0 Å². The Bertz CT molecular complexity index is 472. The Morgan fingerprint density at radius 2 is 2.26 bits per heavy atom. The van der Waals surface area contributed by atoms with Crippen LogP contribution in [-0.2, 0) is 16.0 Å². The summed E-state index contributed by atoms with van der Waals surface area (Å²) in [6.07, 6.45) is 3.94. The van der Waals surface area contributed by atoms with E-state index in [-0.39, 0.29) is 5.91 Å². The molecule has 3 atom stereocenters. The molecule has 102 valence electrons. The van der Waals surface area contributed by atoms with Crippen LogP contribution < -0.4 is 5.32 Å². The van der Waals surface area contributed by atoms with Crippen molar-refractivity contribution < 1.29 is 9.53 Å². The molecular formula is C16H21NO2. The summed E-state index contributed by atoms with van der Waals surface area (Å²) < 4.78 is 5.56. The van der Waals surface area contributed by atoms with Gasteiger partial charge in [-0.25, -0.2) is 0 Å². The van der Waals surface area contributed by atoms with Gasteiger partial charge in [-0.15, -0.1) is 0 Å². The molecule has 2 aliphatic rings. The lowest BCUT2D eigenvalue weighted by Gasteiger charge is -2.39. The minimum absolute atomic E-state index is 0.179. The fraction of sp³-hybridized carbons (Fsp3) is 0.562. The molecule has 0 spiro atoms. The van der Waals surface area contributed by atoms with Gasteiger partial charge >= 0.3 is 0 Å². The molecule has 0 radical (unpaired) electrons. The van der Waals surface area contributed by atoms with Crippen LogP contribution in [0, 0.1) is 12.8 Å². The van der Waals surface area contributed by atoms with Crippen LogP contribution in [0.4, 0.5) is 0 Å². The number of ether oxygens (including phenoxy) is 1. The van der Waals surface area contributed by atoms with Gasteiger partial charge in [0.2, 0.25) is 5.91 Å². The molecule has 19 heavy (non-hydrogen) atoms. The molecular weight excluding hydrogens is 238 g/mol. The molecule has 1 aliphatic heterocycles. The Morgan fingerprint density at radius 1 is 1.42 bits per heavy atom. The third-order valence-electron chi connectivity index (χ3n) is 4.49. The highest BCUT2D eigenvalue weighted by molar-refractivity contribution is 5.76. The summed E-state index contributed by atoms with van der Waals surface area (Å²) in [5.74, 6) is 0.751. The largest absolute Gasteiger partial charge is 0.378 e. The van der Waals surface area contributed by atoms with Crippen LogP contribution in [0.15, 0.2) is 24.3 Å². The Hall–Kier alpha value is -1.35. The molecule has 0 bridgehead atoms. The lowest BCUT2D eigenvalue weighted by atomic mass is 9.76. The molecule has 3 heteroatoms. The van der Waals surface area contributed by atoms with E-state index in [9.17, 15) is 4.79 Å². The summed E-state index contributed by atoms with van der Waals surface area (Å²) in [6.45, 7) is 2.96. The first-order valence-electron chi connectivity index (χ1n) is 7.19. The van der Waals surface area contributed by atoms with Crippen molar-refractivity contribution in [3.05, 3.63) is 35.4 Å². The van der Waals surface area contributed by atoms with Crippen LogP contribution in [0.5, 0.6) is 0 Å². The van der Waals surface area contributed by atoms with Crippen LogP contribution >= 0.6 is 0 Å². The number of aryl methyl sites for hydroxylation is 2. The van der Waals surface area contributed by atoms with Crippen molar-refractivity contribution in [2.45, 2.75) is 44.8 Å². The third kappa shape index (κ3) is 2.66. The van der Waals surface area contributed by atoms with Gasteiger partial charge in [0.15, 0.2) is 0 Å². The number of hydrogen-bond donors (Lipinski definition) is 1. The Labute approximate surface area is 114 Å².